The third-order valence-electron chi connectivity index (χ3n) is 5.52. The molecule has 0 saturated carbocycles. The zero-order valence-corrected chi connectivity index (χ0v) is 21.2. The number of hydrogen-bond acceptors (Lipinski definition) is 7. The number of aromatic nitrogens is 1. The van der Waals surface area contributed by atoms with Crippen LogP contribution in [0.5, 0.6) is 0 Å². The maximum atomic E-state index is 13.9. The fraction of sp³-hybridized carbons (Fsp3) is 0.120. The molecule has 0 aliphatic carbocycles. The average Bonchev–Trinajstić information content (AvgIpc) is 3.66. The molecule has 0 aliphatic heterocycles. The molecule has 1 aromatic carbocycles. The number of nitrogens with zero attached hydrogens (tertiary/aromatic N) is 1. The molecule has 4 heterocycles. The number of carbonyl (C=O) groups is 1. The number of rotatable bonds is 9. The first-order valence-corrected chi connectivity index (χ1v) is 14.2. The highest BCUT2D eigenvalue weighted by Gasteiger charge is 2.32. The molecule has 5 aromatic rings. The number of benzene rings is 1. The Bertz CT molecular complexity index is 1590. The van der Waals surface area contributed by atoms with Crippen LogP contribution in [0.2, 0.25) is 0 Å². The molecule has 1 atom stereocenters. The van der Waals surface area contributed by atoms with Crippen molar-refractivity contribution >= 4 is 49.5 Å². The van der Waals surface area contributed by atoms with Gasteiger partial charge in [-0.2, -0.15) is 4.72 Å². The van der Waals surface area contributed by atoms with Gasteiger partial charge in [0.1, 0.15) is 11.8 Å². The van der Waals surface area contributed by atoms with E-state index in [0.717, 1.165) is 4.88 Å². The number of pyridine rings is 1. The number of H-pyrrole nitrogens is 1. The number of fused-ring (bicyclic) bond motifs is 1. The van der Waals surface area contributed by atoms with Crippen molar-refractivity contribution in [2.24, 2.45) is 0 Å². The Hall–Kier alpha value is -3.51. The summed E-state index contributed by atoms with van der Waals surface area (Å²) in [6.45, 7) is 0.501. The quantitative estimate of drug-likeness (QED) is 0.287. The molecule has 1 amide bonds. The number of thiophene rings is 2. The van der Waals surface area contributed by atoms with E-state index in [0.29, 0.717) is 28.1 Å². The minimum Gasteiger partial charge on any atom is -0.467 e. The van der Waals surface area contributed by atoms with Crippen molar-refractivity contribution in [3.05, 3.63) is 110 Å². The number of hydrogen-bond donors (Lipinski definition) is 2. The van der Waals surface area contributed by atoms with Gasteiger partial charge in [-0.1, -0.05) is 12.1 Å². The number of sulfonamides is 1. The van der Waals surface area contributed by atoms with Crippen molar-refractivity contribution in [2.45, 2.75) is 24.0 Å². The summed E-state index contributed by atoms with van der Waals surface area (Å²) in [5.74, 6) is 0.201. The van der Waals surface area contributed by atoms with Crippen LogP contribution in [0, 0.1) is 0 Å². The molecule has 4 aromatic heterocycles. The van der Waals surface area contributed by atoms with E-state index in [4.69, 9.17) is 4.42 Å². The SMILES string of the molecule is O=C([C@H](NS(=O)(=O)c1ccc2[nH]c(=O)ccc2c1)c1cccs1)N(Cc1ccco1)Cc1cccs1. The summed E-state index contributed by atoms with van der Waals surface area (Å²) in [6.07, 6.45) is 1.54. The topological polar surface area (TPSA) is 112 Å². The molecule has 0 spiro atoms. The molecular weight excluding hydrogens is 518 g/mol. The highest BCUT2D eigenvalue weighted by molar-refractivity contribution is 7.89. The van der Waals surface area contributed by atoms with E-state index >= 15 is 0 Å². The Kier molecular flexibility index (Phi) is 6.88. The Labute approximate surface area is 214 Å². The lowest BCUT2D eigenvalue weighted by molar-refractivity contribution is -0.134. The zero-order valence-electron chi connectivity index (χ0n) is 18.8. The summed E-state index contributed by atoms with van der Waals surface area (Å²) in [6, 6.07) is 17.0. The van der Waals surface area contributed by atoms with Gasteiger partial charge in [0, 0.05) is 21.3 Å². The second-order valence-corrected chi connectivity index (χ2v) is 11.7. The highest BCUT2D eigenvalue weighted by atomic mass is 32.2. The first-order chi connectivity index (χ1) is 17.4. The van der Waals surface area contributed by atoms with E-state index in [2.05, 4.69) is 9.71 Å². The van der Waals surface area contributed by atoms with E-state index < -0.39 is 22.0 Å². The third kappa shape index (κ3) is 5.34. The standard InChI is InChI=1S/C25H21N3O5S3/c29-23-10-7-17-14-20(8-9-21(17)26-23)36(31,32)27-24(22-6-3-13-35-22)25(30)28(15-18-4-1-11-33-18)16-19-5-2-12-34-19/h1-14,24,27H,15-16H2,(H,26,29)/t24-/m1/s1. The number of amides is 1. The Morgan fingerprint density at radius 2 is 1.83 bits per heavy atom. The van der Waals surface area contributed by atoms with Gasteiger partial charge in [0.2, 0.25) is 21.5 Å². The molecule has 184 valence electrons. The van der Waals surface area contributed by atoms with Gasteiger partial charge in [0.05, 0.1) is 24.2 Å². The van der Waals surface area contributed by atoms with Crippen molar-refractivity contribution in [3.63, 3.8) is 0 Å². The van der Waals surface area contributed by atoms with E-state index in [1.807, 2.05) is 17.5 Å². The first-order valence-electron chi connectivity index (χ1n) is 10.9. The number of furan rings is 1. The predicted molar refractivity (Wildman–Crippen MR) is 139 cm³/mol. The largest absolute Gasteiger partial charge is 0.467 e. The van der Waals surface area contributed by atoms with Crippen LogP contribution in [0.25, 0.3) is 10.9 Å². The van der Waals surface area contributed by atoms with Gasteiger partial charge in [0.15, 0.2) is 0 Å². The van der Waals surface area contributed by atoms with Gasteiger partial charge in [-0.25, -0.2) is 8.42 Å². The third-order valence-corrected chi connectivity index (χ3v) is 8.74. The fourth-order valence-corrected chi connectivity index (χ4v) is 6.55. The molecule has 0 aliphatic rings. The summed E-state index contributed by atoms with van der Waals surface area (Å²) in [4.78, 5) is 31.2. The second kappa shape index (κ2) is 10.2. The molecule has 0 saturated heterocycles. The van der Waals surface area contributed by atoms with Crippen LogP contribution in [0.3, 0.4) is 0 Å². The summed E-state index contributed by atoms with van der Waals surface area (Å²) in [7, 11) is -4.09. The van der Waals surface area contributed by atoms with Gasteiger partial charge in [-0.05, 0) is 64.7 Å². The van der Waals surface area contributed by atoms with Crippen LogP contribution in [-0.4, -0.2) is 24.2 Å². The van der Waals surface area contributed by atoms with Gasteiger partial charge in [-0.3, -0.25) is 9.59 Å². The molecular formula is C25H21N3O5S3. The molecule has 36 heavy (non-hydrogen) atoms. The molecule has 8 nitrogen and oxygen atoms in total. The van der Waals surface area contributed by atoms with Gasteiger partial charge >= 0.3 is 0 Å². The van der Waals surface area contributed by atoms with E-state index in [1.54, 1.807) is 40.6 Å². The highest BCUT2D eigenvalue weighted by Crippen LogP contribution is 2.27. The Balaban J connectivity index is 1.48. The molecule has 0 unspecified atom stereocenters. The number of aromatic amines is 1. The Morgan fingerprint density at radius 1 is 1.00 bits per heavy atom. The van der Waals surface area contributed by atoms with Crippen molar-refractivity contribution in [1.29, 1.82) is 0 Å². The van der Waals surface area contributed by atoms with Gasteiger partial charge < -0.3 is 14.3 Å². The molecule has 0 fully saturated rings. The summed E-state index contributed by atoms with van der Waals surface area (Å²) in [5.41, 5.74) is 0.245. The number of carbonyl (C=O) groups excluding carboxylic acids is 1. The minimum absolute atomic E-state index is 0.00718. The van der Waals surface area contributed by atoms with E-state index in [1.165, 1.54) is 53.2 Å². The monoisotopic (exact) mass is 539 g/mol. The van der Waals surface area contributed by atoms with E-state index in [9.17, 15) is 18.0 Å². The van der Waals surface area contributed by atoms with Crippen LogP contribution in [0.4, 0.5) is 0 Å². The second-order valence-electron chi connectivity index (χ2n) is 7.99. The predicted octanol–water partition coefficient (Wildman–Crippen LogP) is 4.49. The fourth-order valence-electron chi connectivity index (χ4n) is 3.78. The summed E-state index contributed by atoms with van der Waals surface area (Å²) in [5, 5.41) is 4.29. The van der Waals surface area contributed by atoms with Crippen LogP contribution < -0.4 is 10.3 Å². The van der Waals surface area contributed by atoms with Crippen LogP contribution in [0.15, 0.2) is 97.9 Å². The smallest absolute Gasteiger partial charge is 0.248 e. The van der Waals surface area contributed by atoms with Crippen LogP contribution in [0.1, 0.15) is 21.6 Å². The maximum absolute atomic E-state index is 13.9. The molecule has 2 N–H and O–H groups in total. The van der Waals surface area contributed by atoms with Crippen molar-refractivity contribution in [3.8, 4) is 0 Å². The van der Waals surface area contributed by atoms with Crippen LogP contribution in [-0.2, 0) is 27.9 Å². The normalized spacial score (nSPS) is 12.6. The van der Waals surface area contributed by atoms with Crippen molar-refractivity contribution in [1.82, 2.24) is 14.6 Å². The number of nitrogens with one attached hydrogen (secondary N) is 2. The molecule has 11 heteroatoms. The van der Waals surface area contributed by atoms with E-state index in [-0.39, 0.29) is 17.0 Å². The first kappa shape index (κ1) is 24.2. The lowest BCUT2D eigenvalue weighted by Crippen LogP contribution is -2.42. The average molecular weight is 540 g/mol. The molecule has 0 radical (unpaired) electrons. The zero-order chi connectivity index (χ0) is 25.1. The lowest BCUT2D eigenvalue weighted by atomic mass is 10.2. The van der Waals surface area contributed by atoms with Gasteiger partial charge in [-0.15, -0.1) is 22.7 Å². The Morgan fingerprint density at radius 3 is 2.56 bits per heavy atom. The molecule has 0 bridgehead atoms. The maximum Gasteiger partial charge on any atom is 0.248 e. The van der Waals surface area contributed by atoms with Gasteiger partial charge in [0.25, 0.3) is 0 Å². The van der Waals surface area contributed by atoms with Crippen LogP contribution >= 0.6 is 22.7 Å². The summed E-state index contributed by atoms with van der Waals surface area (Å²) >= 11 is 2.81. The lowest BCUT2D eigenvalue weighted by Gasteiger charge is -2.26. The van der Waals surface area contributed by atoms with Crippen molar-refractivity contribution < 1.29 is 17.6 Å². The molecule has 5 rings (SSSR count). The minimum atomic E-state index is -4.09. The van der Waals surface area contributed by atoms with Crippen molar-refractivity contribution in [2.75, 3.05) is 0 Å². The summed E-state index contributed by atoms with van der Waals surface area (Å²) < 4.78 is 35.0.